The molecule has 152 valence electrons. The van der Waals surface area contributed by atoms with Crippen LogP contribution in [-0.4, -0.2) is 110 Å². The zero-order valence-electron chi connectivity index (χ0n) is 16.7. The van der Waals surface area contributed by atoms with Crippen LogP contribution >= 0.6 is 0 Å². The van der Waals surface area contributed by atoms with Gasteiger partial charge in [-0.2, -0.15) is 0 Å². The van der Waals surface area contributed by atoms with Crippen molar-refractivity contribution in [2.24, 2.45) is 5.92 Å². The van der Waals surface area contributed by atoms with Crippen LogP contribution in [0.5, 0.6) is 0 Å². The molecule has 7 nitrogen and oxygen atoms in total. The van der Waals surface area contributed by atoms with Gasteiger partial charge in [-0.05, 0) is 38.6 Å². The lowest BCUT2D eigenvalue weighted by Crippen LogP contribution is -2.62. The molecule has 4 rings (SSSR count). The minimum Gasteiger partial charge on any atom is -0.378 e. The summed E-state index contributed by atoms with van der Waals surface area (Å²) in [5, 5.41) is 0. The van der Waals surface area contributed by atoms with Crippen LogP contribution in [0, 0.1) is 5.92 Å². The fourth-order valence-electron chi connectivity index (χ4n) is 4.82. The summed E-state index contributed by atoms with van der Waals surface area (Å²) in [6.07, 6.45) is 5.14. The van der Waals surface area contributed by atoms with Crippen molar-refractivity contribution >= 4 is 11.8 Å². The van der Waals surface area contributed by atoms with E-state index in [0.717, 1.165) is 51.5 Å². The van der Waals surface area contributed by atoms with E-state index in [9.17, 15) is 9.59 Å². The number of likely N-dealkylation sites (tertiary alicyclic amines) is 1. The lowest BCUT2D eigenvalue weighted by Gasteiger charge is -2.49. The summed E-state index contributed by atoms with van der Waals surface area (Å²) >= 11 is 0. The Morgan fingerprint density at radius 1 is 1.11 bits per heavy atom. The number of ether oxygens (including phenoxy) is 1. The van der Waals surface area contributed by atoms with E-state index < -0.39 is 0 Å². The molecular formula is C20H34N4O3. The van der Waals surface area contributed by atoms with Crippen molar-refractivity contribution in [1.82, 2.24) is 19.6 Å². The molecule has 3 heterocycles. The second-order valence-electron chi connectivity index (χ2n) is 8.88. The predicted molar refractivity (Wildman–Crippen MR) is 102 cm³/mol. The number of carbonyl (C=O) groups is 2. The molecular weight excluding hydrogens is 344 g/mol. The molecule has 7 heteroatoms. The molecule has 1 spiro atoms. The quantitative estimate of drug-likeness (QED) is 0.702. The number of amides is 2. The minimum atomic E-state index is 0.0253. The van der Waals surface area contributed by atoms with Gasteiger partial charge in [-0.25, -0.2) is 0 Å². The van der Waals surface area contributed by atoms with E-state index in [1.54, 1.807) is 0 Å². The van der Waals surface area contributed by atoms with Gasteiger partial charge < -0.3 is 14.5 Å². The van der Waals surface area contributed by atoms with E-state index in [0.29, 0.717) is 45.2 Å². The number of likely N-dealkylation sites (N-methyl/N-ethyl adjacent to an activating group) is 1. The van der Waals surface area contributed by atoms with Crippen LogP contribution in [-0.2, 0) is 14.3 Å². The van der Waals surface area contributed by atoms with Crippen molar-refractivity contribution in [3.05, 3.63) is 0 Å². The molecule has 0 bridgehead atoms. The Hall–Kier alpha value is -1.18. The number of rotatable bonds is 4. The summed E-state index contributed by atoms with van der Waals surface area (Å²) in [6, 6.07) is 0. The number of morpholine rings is 1. The van der Waals surface area contributed by atoms with E-state index in [-0.39, 0.29) is 11.4 Å². The fraction of sp³-hybridized carbons (Fsp3) is 0.900. The van der Waals surface area contributed by atoms with Gasteiger partial charge in [0, 0.05) is 57.8 Å². The summed E-state index contributed by atoms with van der Waals surface area (Å²) in [7, 11) is 2.20. The first-order valence-corrected chi connectivity index (χ1v) is 10.6. The minimum absolute atomic E-state index is 0.0253. The van der Waals surface area contributed by atoms with Gasteiger partial charge in [0.25, 0.3) is 0 Å². The molecule has 0 aromatic heterocycles. The largest absolute Gasteiger partial charge is 0.378 e. The van der Waals surface area contributed by atoms with Gasteiger partial charge in [0.2, 0.25) is 11.8 Å². The van der Waals surface area contributed by atoms with E-state index in [1.165, 1.54) is 12.8 Å². The van der Waals surface area contributed by atoms with Crippen LogP contribution in [0.15, 0.2) is 0 Å². The molecule has 2 amide bonds. The number of nitrogens with zero attached hydrogens (tertiary/aromatic N) is 4. The molecule has 4 aliphatic rings. The van der Waals surface area contributed by atoms with Gasteiger partial charge in [0.15, 0.2) is 0 Å². The highest BCUT2D eigenvalue weighted by atomic mass is 16.5. The highest BCUT2D eigenvalue weighted by molar-refractivity contribution is 5.78. The van der Waals surface area contributed by atoms with Crippen LogP contribution in [0.4, 0.5) is 0 Å². The molecule has 0 aromatic carbocycles. The monoisotopic (exact) mass is 378 g/mol. The third-order valence-corrected chi connectivity index (χ3v) is 6.98. The van der Waals surface area contributed by atoms with E-state index in [2.05, 4.69) is 21.7 Å². The Morgan fingerprint density at radius 3 is 2.63 bits per heavy atom. The standard InChI is InChI=1S/C20H34N4O3/c1-21-8-9-22(15-19(26)23-10-12-27-13-11-23)16-20(21)5-4-18(25)24(7-6-20)14-17-2-3-17/h17H,2-16H2,1H3. The molecule has 3 aliphatic heterocycles. The normalized spacial score (nSPS) is 31.4. The van der Waals surface area contributed by atoms with Gasteiger partial charge in [-0.15, -0.1) is 0 Å². The summed E-state index contributed by atoms with van der Waals surface area (Å²) < 4.78 is 5.36. The van der Waals surface area contributed by atoms with E-state index in [4.69, 9.17) is 4.74 Å². The second-order valence-corrected chi connectivity index (χ2v) is 8.88. The summed E-state index contributed by atoms with van der Waals surface area (Å²) in [4.78, 5) is 34.1. The first kappa shape index (κ1) is 19.2. The Kier molecular flexibility index (Phi) is 5.71. The fourth-order valence-corrected chi connectivity index (χ4v) is 4.82. The van der Waals surface area contributed by atoms with Crippen LogP contribution in [0.2, 0.25) is 0 Å². The number of carbonyl (C=O) groups excluding carboxylic acids is 2. The number of hydrogen-bond donors (Lipinski definition) is 0. The smallest absolute Gasteiger partial charge is 0.236 e. The van der Waals surface area contributed by atoms with Gasteiger partial charge in [0.05, 0.1) is 19.8 Å². The maximum Gasteiger partial charge on any atom is 0.236 e. The van der Waals surface area contributed by atoms with Gasteiger partial charge in [-0.1, -0.05) is 0 Å². The zero-order valence-corrected chi connectivity index (χ0v) is 16.7. The maximum atomic E-state index is 12.7. The third-order valence-electron chi connectivity index (χ3n) is 6.98. The molecule has 1 atom stereocenters. The highest BCUT2D eigenvalue weighted by Crippen LogP contribution is 2.35. The summed E-state index contributed by atoms with van der Waals surface area (Å²) in [5.41, 5.74) is 0.0253. The van der Waals surface area contributed by atoms with Crippen molar-refractivity contribution in [3.63, 3.8) is 0 Å². The molecule has 1 saturated carbocycles. The number of hydrogen-bond acceptors (Lipinski definition) is 5. The average molecular weight is 379 g/mol. The van der Waals surface area contributed by atoms with E-state index in [1.807, 2.05) is 4.90 Å². The summed E-state index contributed by atoms with van der Waals surface area (Å²) in [5.74, 6) is 1.29. The van der Waals surface area contributed by atoms with Crippen LogP contribution in [0.25, 0.3) is 0 Å². The second kappa shape index (κ2) is 8.05. The van der Waals surface area contributed by atoms with Crippen molar-refractivity contribution in [2.45, 2.75) is 37.6 Å². The van der Waals surface area contributed by atoms with Gasteiger partial charge in [-0.3, -0.25) is 19.4 Å². The van der Waals surface area contributed by atoms with Gasteiger partial charge in [0.1, 0.15) is 0 Å². The summed E-state index contributed by atoms with van der Waals surface area (Å²) in [6.45, 7) is 7.82. The topological polar surface area (TPSA) is 56.3 Å². The Balaban J connectivity index is 1.37. The molecule has 0 aromatic rings. The Morgan fingerprint density at radius 2 is 1.89 bits per heavy atom. The molecule has 3 saturated heterocycles. The lowest BCUT2D eigenvalue weighted by molar-refractivity contribution is -0.138. The number of piperazine rings is 1. The molecule has 4 fully saturated rings. The zero-order chi connectivity index (χ0) is 18.9. The average Bonchev–Trinajstić information content (AvgIpc) is 3.51. The Bertz CT molecular complexity index is 561. The van der Waals surface area contributed by atoms with Crippen molar-refractivity contribution in [1.29, 1.82) is 0 Å². The van der Waals surface area contributed by atoms with Crippen LogP contribution in [0.1, 0.15) is 32.1 Å². The molecule has 0 radical (unpaired) electrons. The first-order valence-electron chi connectivity index (χ1n) is 10.6. The third kappa shape index (κ3) is 4.46. The van der Waals surface area contributed by atoms with Crippen molar-refractivity contribution < 1.29 is 14.3 Å². The Labute approximate surface area is 162 Å². The maximum absolute atomic E-state index is 12.7. The molecule has 1 unspecified atom stereocenters. The van der Waals surface area contributed by atoms with E-state index >= 15 is 0 Å². The van der Waals surface area contributed by atoms with Gasteiger partial charge >= 0.3 is 0 Å². The first-order chi connectivity index (χ1) is 13.1. The van der Waals surface area contributed by atoms with Crippen LogP contribution < -0.4 is 0 Å². The lowest BCUT2D eigenvalue weighted by atomic mass is 9.86. The van der Waals surface area contributed by atoms with Crippen molar-refractivity contribution in [3.8, 4) is 0 Å². The highest BCUT2D eigenvalue weighted by Gasteiger charge is 2.43. The molecule has 1 aliphatic carbocycles. The molecule has 27 heavy (non-hydrogen) atoms. The van der Waals surface area contributed by atoms with Crippen molar-refractivity contribution in [2.75, 3.05) is 72.6 Å². The molecule has 0 N–H and O–H groups in total. The SMILES string of the molecule is CN1CCN(CC(=O)N2CCOCC2)CC12CCC(=O)N(CC1CC1)CC2. The predicted octanol–water partition coefficient (Wildman–Crippen LogP) is 0.254. The van der Waals surface area contributed by atoms with Crippen LogP contribution in [0.3, 0.4) is 0 Å².